The van der Waals surface area contributed by atoms with Crippen LogP contribution in [0.5, 0.6) is 0 Å². The molecular weight excluding hydrogens is 213 g/mol. The summed E-state index contributed by atoms with van der Waals surface area (Å²) in [5.41, 5.74) is 0. The van der Waals surface area contributed by atoms with E-state index in [1.165, 1.54) is 0 Å². The van der Waals surface area contributed by atoms with Crippen molar-refractivity contribution >= 4 is 0 Å². The molecule has 0 radical (unpaired) electrons. The van der Waals surface area contributed by atoms with Gasteiger partial charge in [-0.25, -0.2) is 12.2 Å². The van der Waals surface area contributed by atoms with Gasteiger partial charge in [-0.15, -0.1) is 6.42 Å². The smallest absolute Gasteiger partial charge is 0 e. The van der Waals surface area contributed by atoms with Crippen LogP contribution in [0.3, 0.4) is 0 Å². The number of rotatable bonds is 0. The number of allylic oxidation sites excluding steroid dienone is 4. The predicted molar refractivity (Wildman–Crippen MR) is 54.7 cm³/mol. The largest absolute Gasteiger partial charge is 0.358 e. The zero-order valence-corrected chi connectivity index (χ0v) is 10.2. The molecule has 0 unspecified atom stereocenters. The molecule has 0 aromatic heterocycles. The Morgan fingerprint density at radius 3 is 1.31 bits per heavy atom. The quantitative estimate of drug-likeness (QED) is 0.443. The Kier molecular flexibility index (Phi) is 336. The van der Waals surface area contributed by atoms with Crippen LogP contribution in [0.1, 0.15) is 6.42 Å². The topological polar surface area (TPSA) is 0 Å². The Labute approximate surface area is 96.5 Å². The fraction of sp³-hybridized carbons (Fsp3) is 0.111. The first-order chi connectivity index (χ1) is 2.50. The van der Waals surface area contributed by atoms with Gasteiger partial charge in [0.2, 0.25) is 0 Å². The van der Waals surface area contributed by atoms with Gasteiger partial charge in [0.25, 0.3) is 0 Å². The molecule has 0 heterocycles. The number of halogens is 3. The van der Waals surface area contributed by atoms with E-state index >= 15 is 0 Å². The third-order valence-corrected chi connectivity index (χ3v) is 0.586. The first kappa shape index (κ1) is 75.1. The summed E-state index contributed by atoms with van der Waals surface area (Å²) < 4.78 is 0. The van der Waals surface area contributed by atoms with E-state index in [-0.39, 0.29) is 65.5 Å². The Hall–Kier alpha value is -0.0157. The molecule has 0 N–H and O–H groups in total. The van der Waals surface area contributed by atoms with Gasteiger partial charge < -0.3 is 29.7 Å². The Bertz CT molecular complexity index is 72.9. The minimum absolute atomic E-state index is 0. The molecule has 13 heavy (non-hydrogen) atoms. The normalized spacial score (nSPS) is 6.77. The maximum atomic E-state index is 2.99. The summed E-state index contributed by atoms with van der Waals surface area (Å²) >= 11 is 0. The average molecular weight is 233 g/mol. The van der Waals surface area contributed by atoms with Crippen LogP contribution in [-0.2, 0) is 21.7 Å². The second kappa shape index (κ2) is 58.2. The number of hydrogen-bond donors (Lipinski definition) is 0. The van der Waals surface area contributed by atoms with Crippen molar-refractivity contribution in [2.75, 3.05) is 0 Å². The molecule has 0 aromatic rings. The van der Waals surface area contributed by atoms with Gasteiger partial charge in [0.15, 0.2) is 0 Å². The monoisotopic (exact) mass is 233 g/mol. The van der Waals surface area contributed by atoms with Crippen molar-refractivity contribution in [3.05, 3.63) is 54.0 Å². The summed E-state index contributed by atoms with van der Waals surface area (Å²) in [6, 6.07) is 0. The van der Waals surface area contributed by atoms with Crippen LogP contribution in [0.4, 0.5) is 14.1 Å². The fourth-order valence-corrected chi connectivity index (χ4v) is 0.340. The van der Waals surface area contributed by atoms with Crippen molar-refractivity contribution in [3.63, 3.8) is 0 Å². The second-order valence-electron chi connectivity index (χ2n) is 1.00. The third kappa shape index (κ3) is 48.1. The minimum atomic E-state index is 0. The Balaban J connectivity index is -0.00000000521. The zero-order chi connectivity index (χ0) is 3.54. The summed E-state index contributed by atoms with van der Waals surface area (Å²) in [5, 5.41) is 0. The average Bonchev–Trinajstić information content (AvgIpc) is 1.76. The van der Waals surface area contributed by atoms with Crippen LogP contribution >= 0.6 is 0 Å². The van der Waals surface area contributed by atoms with Crippen LogP contribution in [-0.4, -0.2) is 0 Å². The molecule has 0 aliphatic heterocycles. The van der Waals surface area contributed by atoms with E-state index in [1.807, 2.05) is 12.2 Å². The molecule has 0 saturated carbocycles. The van der Waals surface area contributed by atoms with E-state index in [1.54, 1.807) is 0 Å². The van der Waals surface area contributed by atoms with Gasteiger partial charge in [-0.1, -0.05) is 0 Å². The summed E-state index contributed by atoms with van der Waals surface area (Å²) in [4.78, 5) is 0. The van der Waals surface area contributed by atoms with Gasteiger partial charge in [-0.3, -0.25) is 20.2 Å². The summed E-state index contributed by atoms with van der Waals surface area (Å²) in [6.07, 6.45) is 10.0. The molecule has 0 amide bonds. The first-order valence-electron chi connectivity index (χ1n) is 1.72. The Morgan fingerprint density at radius 2 is 1.23 bits per heavy atom. The molecule has 0 spiro atoms. The first-order valence-corrected chi connectivity index (χ1v) is 1.72. The molecule has 4 heteroatoms. The molecule has 0 fully saturated rings. The van der Waals surface area contributed by atoms with Crippen molar-refractivity contribution in [2.24, 2.45) is 0 Å². The Morgan fingerprint density at radius 1 is 0.846 bits per heavy atom. The molecule has 0 aromatic carbocycles. The predicted octanol–water partition coefficient (Wildman–Crippen LogP) is 3.56. The van der Waals surface area contributed by atoms with Gasteiger partial charge in [0.05, 0.1) is 0 Å². The second-order valence-corrected chi connectivity index (χ2v) is 1.00. The molecule has 0 saturated heterocycles. The molecule has 1 rings (SSSR count). The molecule has 1 aliphatic rings. The summed E-state index contributed by atoms with van der Waals surface area (Å²) in [5.74, 6) is 0. The SMILES string of the molecule is F.F.F.[C-]1=CC=CC1.[CH3-].[CH3-].[CH3-].[CH3-].[Ti]. The van der Waals surface area contributed by atoms with Crippen LogP contribution in [0, 0.1) is 35.8 Å². The molecular formula is C9H20F3Ti-5. The van der Waals surface area contributed by atoms with Gasteiger partial charge in [-0.2, -0.15) is 6.08 Å². The third-order valence-electron chi connectivity index (χ3n) is 0.586. The maximum Gasteiger partial charge on any atom is 0 e. The van der Waals surface area contributed by atoms with Crippen molar-refractivity contribution < 1.29 is 35.8 Å². The van der Waals surface area contributed by atoms with E-state index in [2.05, 4.69) is 12.2 Å². The molecule has 0 nitrogen and oxygen atoms in total. The molecule has 0 bridgehead atoms. The summed E-state index contributed by atoms with van der Waals surface area (Å²) in [6.45, 7) is 0. The van der Waals surface area contributed by atoms with Gasteiger partial charge in [0.1, 0.15) is 0 Å². The van der Waals surface area contributed by atoms with E-state index in [4.69, 9.17) is 0 Å². The molecule has 0 atom stereocenters. The minimum Gasteiger partial charge on any atom is -0.358 e. The van der Waals surface area contributed by atoms with E-state index in [9.17, 15) is 0 Å². The van der Waals surface area contributed by atoms with Gasteiger partial charge in [-0.05, 0) is 0 Å². The van der Waals surface area contributed by atoms with Crippen molar-refractivity contribution in [2.45, 2.75) is 6.42 Å². The van der Waals surface area contributed by atoms with Crippen LogP contribution in [0.2, 0.25) is 0 Å². The molecule has 86 valence electrons. The van der Waals surface area contributed by atoms with Crippen molar-refractivity contribution in [1.82, 2.24) is 0 Å². The van der Waals surface area contributed by atoms with E-state index in [0.29, 0.717) is 0 Å². The van der Waals surface area contributed by atoms with Gasteiger partial charge in [0, 0.05) is 21.7 Å². The van der Waals surface area contributed by atoms with Crippen LogP contribution in [0.25, 0.3) is 0 Å². The number of hydrogen-bond acceptors (Lipinski definition) is 0. The van der Waals surface area contributed by atoms with E-state index < -0.39 is 0 Å². The van der Waals surface area contributed by atoms with E-state index in [0.717, 1.165) is 6.42 Å². The zero-order valence-electron chi connectivity index (χ0n) is 8.66. The van der Waals surface area contributed by atoms with Crippen molar-refractivity contribution in [3.8, 4) is 0 Å². The van der Waals surface area contributed by atoms with Gasteiger partial charge >= 0.3 is 0 Å². The summed E-state index contributed by atoms with van der Waals surface area (Å²) in [7, 11) is 0. The fourth-order valence-electron chi connectivity index (χ4n) is 0.340. The van der Waals surface area contributed by atoms with Crippen LogP contribution < -0.4 is 0 Å². The molecule has 1 aliphatic carbocycles. The van der Waals surface area contributed by atoms with Crippen LogP contribution in [0.15, 0.2) is 18.2 Å². The maximum absolute atomic E-state index is 2.99. The van der Waals surface area contributed by atoms with Crippen molar-refractivity contribution in [1.29, 1.82) is 0 Å². The standard InChI is InChI=1S/C5H5.4CH3.3FH.Ti/c1-2-4-5-3-1;;;;;;;;/h1-3H,4H2;4*1H3;3*1H;/q5*-1;;;;.